The lowest BCUT2D eigenvalue weighted by Gasteiger charge is -2.02. The molecule has 0 aliphatic rings. The Morgan fingerprint density at radius 3 is 2.24 bits per heavy atom. The highest BCUT2D eigenvalue weighted by Gasteiger charge is 2.13. The lowest BCUT2D eigenvalue weighted by Crippen LogP contribution is -2.08. The van der Waals surface area contributed by atoms with E-state index in [4.69, 9.17) is 0 Å². The Kier molecular flexibility index (Phi) is 7.29. The molecule has 5 nitrogen and oxygen atoms in total. The van der Waals surface area contributed by atoms with Crippen molar-refractivity contribution in [3.05, 3.63) is 39.9 Å². The average molecular weight is 291 g/mol. The number of rotatable bonds is 10. The summed E-state index contributed by atoms with van der Waals surface area (Å²) >= 11 is 0. The monoisotopic (exact) mass is 291 g/mol. The third-order valence-corrected chi connectivity index (χ3v) is 3.32. The van der Waals surface area contributed by atoms with E-state index in [9.17, 15) is 19.7 Å². The van der Waals surface area contributed by atoms with E-state index < -0.39 is 4.92 Å². The van der Waals surface area contributed by atoms with Crippen LogP contribution in [0.25, 0.3) is 0 Å². The molecule has 0 aliphatic carbocycles. The van der Waals surface area contributed by atoms with E-state index in [1.807, 2.05) is 0 Å². The van der Waals surface area contributed by atoms with Gasteiger partial charge in [0.1, 0.15) is 5.78 Å². The second kappa shape index (κ2) is 9.00. The van der Waals surface area contributed by atoms with Gasteiger partial charge in [-0.25, -0.2) is 0 Å². The van der Waals surface area contributed by atoms with Crippen LogP contribution in [0.5, 0.6) is 0 Å². The van der Waals surface area contributed by atoms with E-state index in [1.165, 1.54) is 30.7 Å². The maximum absolute atomic E-state index is 11.9. The van der Waals surface area contributed by atoms with Gasteiger partial charge in [-0.15, -0.1) is 0 Å². The molecule has 0 N–H and O–H groups in total. The molecule has 0 unspecified atom stereocenters. The molecule has 5 heteroatoms. The van der Waals surface area contributed by atoms with Crippen molar-refractivity contribution in [1.29, 1.82) is 0 Å². The van der Waals surface area contributed by atoms with Crippen molar-refractivity contribution in [1.82, 2.24) is 0 Å². The van der Waals surface area contributed by atoms with Gasteiger partial charge in [-0.05, 0) is 18.6 Å². The first-order valence-electron chi connectivity index (χ1n) is 7.34. The van der Waals surface area contributed by atoms with Crippen LogP contribution in [0.1, 0.15) is 62.2 Å². The van der Waals surface area contributed by atoms with Crippen LogP contribution in [0, 0.1) is 10.1 Å². The Bertz CT molecular complexity index is 494. The minimum atomic E-state index is -0.518. The first kappa shape index (κ1) is 17.0. The number of nitro groups is 1. The lowest BCUT2D eigenvalue weighted by atomic mass is 10.0. The number of hydrogen-bond acceptors (Lipinski definition) is 4. The highest BCUT2D eigenvalue weighted by molar-refractivity contribution is 6.07. The van der Waals surface area contributed by atoms with Crippen molar-refractivity contribution in [3.63, 3.8) is 0 Å². The minimum absolute atomic E-state index is 0.0603. The van der Waals surface area contributed by atoms with Crippen molar-refractivity contribution in [2.75, 3.05) is 0 Å². The Morgan fingerprint density at radius 1 is 1.05 bits per heavy atom. The van der Waals surface area contributed by atoms with Crippen LogP contribution in [0.3, 0.4) is 0 Å². The third-order valence-electron chi connectivity index (χ3n) is 3.32. The predicted octanol–water partition coefficient (Wildman–Crippen LogP) is 4.10. The number of carbonyl (C=O) groups excluding carboxylic acids is 2. The van der Waals surface area contributed by atoms with Crippen molar-refractivity contribution >= 4 is 17.3 Å². The van der Waals surface area contributed by atoms with E-state index in [-0.39, 0.29) is 23.7 Å². The van der Waals surface area contributed by atoms with Crippen molar-refractivity contribution in [3.8, 4) is 0 Å². The molecule has 1 rings (SSSR count). The zero-order chi connectivity index (χ0) is 15.7. The Morgan fingerprint density at radius 2 is 1.67 bits per heavy atom. The van der Waals surface area contributed by atoms with Gasteiger partial charge in [0, 0.05) is 24.1 Å². The molecule has 0 radical (unpaired) electrons. The number of nitrogens with zero attached hydrogens (tertiary/aromatic N) is 1. The Balaban J connectivity index is 2.38. The fourth-order valence-corrected chi connectivity index (χ4v) is 2.06. The van der Waals surface area contributed by atoms with E-state index in [0.717, 1.165) is 25.7 Å². The zero-order valence-electron chi connectivity index (χ0n) is 12.3. The number of nitro benzene ring substituents is 1. The van der Waals surface area contributed by atoms with Crippen molar-refractivity contribution in [2.45, 2.75) is 51.9 Å². The number of benzene rings is 1. The molecule has 114 valence electrons. The van der Waals surface area contributed by atoms with Gasteiger partial charge < -0.3 is 0 Å². The largest absolute Gasteiger partial charge is 0.299 e. The van der Waals surface area contributed by atoms with Gasteiger partial charge in [-0.2, -0.15) is 0 Å². The van der Waals surface area contributed by atoms with Crippen LogP contribution in [-0.4, -0.2) is 16.5 Å². The van der Waals surface area contributed by atoms with Crippen molar-refractivity contribution in [2.24, 2.45) is 0 Å². The molecular weight excluding hydrogens is 270 g/mol. The Labute approximate surface area is 124 Å². The second-order valence-electron chi connectivity index (χ2n) is 5.11. The quantitative estimate of drug-likeness (QED) is 0.214. The molecule has 1 aromatic rings. The Hall–Kier alpha value is -2.04. The van der Waals surface area contributed by atoms with Gasteiger partial charge in [0.15, 0.2) is 5.78 Å². The van der Waals surface area contributed by atoms with Gasteiger partial charge in [-0.3, -0.25) is 19.7 Å². The van der Waals surface area contributed by atoms with E-state index >= 15 is 0 Å². The molecule has 1 aromatic carbocycles. The molecule has 0 saturated carbocycles. The standard InChI is InChI=1S/C16H21NO4/c1-2-3-4-5-6-7-15(18)12-16(19)13-8-10-14(11-9-13)17(20)21/h8-11H,2-7,12H2,1H3. The van der Waals surface area contributed by atoms with Gasteiger partial charge in [0.05, 0.1) is 11.3 Å². The highest BCUT2D eigenvalue weighted by Crippen LogP contribution is 2.14. The second-order valence-corrected chi connectivity index (χ2v) is 5.11. The molecule has 21 heavy (non-hydrogen) atoms. The first-order chi connectivity index (χ1) is 10.0. The summed E-state index contributed by atoms with van der Waals surface area (Å²) in [5.41, 5.74) is 0.286. The van der Waals surface area contributed by atoms with Gasteiger partial charge >= 0.3 is 0 Å². The van der Waals surface area contributed by atoms with Crippen molar-refractivity contribution < 1.29 is 14.5 Å². The molecule has 0 aliphatic heterocycles. The highest BCUT2D eigenvalue weighted by atomic mass is 16.6. The van der Waals surface area contributed by atoms with Crippen LogP contribution in [0.4, 0.5) is 5.69 Å². The molecular formula is C16H21NO4. The smallest absolute Gasteiger partial charge is 0.269 e. The summed E-state index contributed by atoms with van der Waals surface area (Å²) in [5, 5.41) is 10.5. The normalized spacial score (nSPS) is 10.3. The first-order valence-corrected chi connectivity index (χ1v) is 7.34. The SMILES string of the molecule is CCCCCCCC(=O)CC(=O)c1ccc([N+](=O)[O-])cc1. The van der Waals surface area contributed by atoms with Gasteiger partial charge in [0.25, 0.3) is 5.69 Å². The molecule has 0 bridgehead atoms. The number of non-ortho nitro benzene ring substituents is 1. The van der Waals surface area contributed by atoms with Crippen LogP contribution in [0.15, 0.2) is 24.3 Å². The molecule has 0 fully saturated rings. The average Bonchev–Trinajstić information content (AvgIpc) is 2.47. The van der Waals surface area contributed by atoms with Gasteiger partial charge in [0.2, 0.25) is 0 Å². The summed E-state index contributed by atoms with van der Waals surface area (Å²) in [4.78, 5) is 33.6. The maximum atomic E-state index is 11.9. The van der Waals surface area contributed by atoms with E-state index in [1.54, 1.807) is 0 Å². The summed E-state index contributed by atoms with van der Waals surface area (Å²) in [6, 6.07) is 5.36. The van der Waals surface area contributed by atoms with Crippen LogP contribution < -0.4 is 0 Å². The summed E-state index contributed by atoms with van der Waals surface area (Å²) < 4.78 is 0. The van der Waals surface area contributed by atoms with Gasteiger partial charge in [-0.1, -0.05) is 32.6 Å². The van der Waals surface area contributed by atoms with Crippen LogP contribution in [-0.2, 0) is 4.79 Å². The molecule has 0 aromatic heterocycles. The van der Waals surface area contributed by atoms with E-state index in [2.05, 4.69) is 6.92 Å². The summed E-state index contributed by atoms with van der Waals surface area (Å²) in [7, 11) is 0. The predicted molar refractivity (Wildman–Crippen MR) is 80.4 cm³/mol. The number of unbranched alkanes of at least 4 members (excludes halogenated alkanes) is 4. The van der Waals surface area contributed by atoms with E-state index in [0.29, 0.717) is 12.0 Å². The topological polar surface area (TPSA) is 77.3 Å². The molecule has 0 spiro atoms. The number of ketones is 2. The third kappa shape index (κ3) is 6.29. The van der Waals surface area contributed by atoms with Crippen LogP contribution >= 0.6 is 0 Å². The molecule has 0 amide bonds. The molecule has 0 atom stereocenters. The maximum Gasteiger partial charge on any atom is 0.269 e. The van der Waals surface area contributed by atoms with Crippen LogP contribution in [0.2, 0.25) is 0 Å². The fourth-order valence-electron chi connectivity index (χ4n) is 2.06. The fraction of sp³-hybridized carbons (Fsp3) is 0.500. The molecule has 0 heterocycles. The minimum Gasteiger partial charge on any atom is -0.299 e. The lowest BCUT2D eigenvalue weighted by molar-refractivity contribution is -0.384. The zero-order valence-corrected chi connectivity index (χ0v) is 12.3. The number of hydrogen-bond donors (Lipinski definition) is 0. The summed E-state index contributed by atoms with van der Waals surface area (Å²) in [5.74, 6) is -0.335. The number of carbonyl (C=O) groups is 2. The molecule has 0 saturated heterocycles. The summed E-state index contributed by atoms with van der Waals surface area (Å²) in [6.45, 7) is 2.13. The summed E-state index contributed by atoms with van der Waals surface area (Å²) in [6.07, 6.45) is 5.62. The number of Topliss-reactive ketones (excluding diaryl/α,β-unsaturated/α-hetero) is 2.